The van der Waals surface area contributed by atoms with Gasteiger partial charge >= 0.3 is 0 Å². The highest BCUT2D eigenvalue weighted by atomic mass is 16.5. The van der Waals surface area contributed by atoms with Crippen molar-refractivity contribution in [3.8, 4) is 11.6 Å². The molecule has 2 bridgehead atoms. The van der Waals surface area contributed by atoms with Crippen LogP contribution >= 0.6 is 0 Å². The fraction of sp³-hybridized carbons (Fsp3) is 0.583. The van der Waals surface area contributed by atoms with Gasteiger partial charge in [-0.25, -0.2) is 4.98 Å². The van der Waals surface area contributed by atoms with Crippen LogP contribution in [-0.2, 0) is 0 Å². The van der Waals surface area contributed by atoms with Crippen molar-refractivity contribution in [2.75, 3.05) is 0 Å². The van der Waals surface area contributed by atoms with E-state index >= 15 is 0 Å². The van der Waals surface area contributed by atoms with E-state index in [4.69, 9.17) is 10.3 Å². The lowest BCUT2D eigenvalue weighted by Crippen LogP contribution is -2.34. The summed E-state index contributed by atoms with van der Waals surface area (Å²) in [7, 11) is 0. The van der Waals surface area contributed by atoms with E-state index in [0.717, 1.165) is 0 Å². The smallest absolute Gasteiger partial charge is 0.238 e. The zero-order chi connectivity index (χ0) is 12.1. The number of nitrogens with one attached hydrogen (secondary N) is 1. The van der Waals surface area contributed by atoms with Gasteiger partial charge in [0.1, 0.15) is 0 Å². The normalized spacial score (nSPS) is 34.3. The first kappa shape index (κ1) is 10.3. The number of aromatic nitrogens is 4. The second-order valence-corrected chi connectivity index (χ2v) is 5.33. The molecule has 0 spiro atoms. The Morgan fingerprint density at radius 1 is 1.33 bits per heavy atom. The molecule has 0 radical (unpaired) electrons. The van der Waals surface area contributed by atoms with Gasteiger partial charge in [0.05, 0.1) is 5.92 Å². The van der Waals surface area contributed by atoms with Crippen molar-refractivity contribution in [2.45, 2.75) is 31.2 Å². The van der Waals surface area contributed by atoms with E-state index in [-0.39, 0.29) is 12.0 Å². The number of nitrogens with zero attached hydrogens (tertiary/aromatic N) is 3. The second kappa shape index (κ2) is 3.65. The average Bonchev–Trinajstić information content (AvgIpc) is 3.13. The number of nitrogens with two attached hydrogens (primary N) is 1. The SMILES string of the molecule is NC1C2CCC(C2)C1c1nc(-c2ncc[nH]2)no1. The number of rotatable bonds is 2. The Morgan fingerprint density at radius 2 is 2.22 bits per heavy atom. The van der Waals surface area contributed by atoms with Gasteiger partial charge in [-0.15, -0.1) is 0 Å². The number of imidazole rings is 1. The summed E-state index contributed by atoms with van der Waals surface area (Å²) in [4.78, 5) is 11.5. The van der Waals surface area contributed by atoms with Crippen LogP contribution in [0.4, 0.5) is 0 Å². The molecule has 2 heterocycles. The molecule has 0 amide bonds. The van der Waals surface area contributed by atoms with Crippen molar-refractivity contribution >= 4 is 0 Å². The largest absolute Gasteiger partial charge is 0.342 e. The highest BCUT2D eigenvalue weighted by Crippen LogP contribution is 2.51. The molecule has 2 aromatic rings. The van der Waals surface area contributed by atoms with E-state index in [1.165, 1.54) is 19.3 Å². The summed E-state index contributed by atoms with van der Waals surface area (Å²) in [5.74, 6) is 3.33. The minimum absolute atomic E-state index is 0.175. The van der Waals surface area contributed by atoms with E-state index < -0.39 is 0 Å². The number of hydrogen-bond acceptors (Lipinski definition) is 5. The molecule has 2 aliphatic carbocycles. The highest BCUT2D eigenvalue weighted by Gasteiger charge is 2.48. The van der Waals surface area contributed by atoms with Gasteiger partial charge in [0, 0.05) is 18.4 Å². The Hall–Kier alpha value is -1.69. The first-order chi connectivity index (χ1) is 8.83. The maximum Gasteiger partial charge on any atom is 0.238 e. The van der Waals surface area contributed by atoms with Crippen LogP contribution in [0.25, 0.3) is 11.6 Å². The Balaban J connectivity index is 1.66. The summed E-state index contributed by atoms with van der Waals surface area (Å²) in [6.45, 7) is 0. The predicted molar refractivity (Wildman–Crippen MR) is 63.4 cm³/mol. The molecule has 4 unspecified atom stereocenters. The summed E-state index contributed by atoms with van der Waals surface area (Å²) < 4.78 is 5.39. The molecule has 94 valence electrons. The van der Waals surface area contributed by atoms with Gasteiger partial charge in [0.15, 0.2) is 5.82 Å². The molecule has 0 aromatic carbocycles. The number of aromatic amines is 1. The first-order valence-corrected chi connectivity index (χ1v) is 6.42. The Bertz CT molecular complexity index is 547. The van der Waals surface area contributed by atoms with Crippen LogP contribution in [0.2, 0.25) is 0 Å². The Labute approximate surface area is 104 Å². The Kier molecular flexibility index (Phi) is 2.08. The van der Waals surface area contributed by atoms with Crippen molar-refractivity contribution in [1.82, 2.24) is 20.1 Å². The lowest BCUT2D eigenvalue weighted by molar-refractivity contribution is 0.279. The van der Waals surface area contributed by atoms with Gasteiger partial charge < -0.3 is 15.2 Å². The number of fused-ring (bicyclic) bond motifs is 2. The molecule has 0 aliphatic heterocycles. The zero-order valence-electron chi connectivity index (χ0n) is 9.91. The van der Waals surface area contributed by atoms with Crippen molar-refractivity contribution in [1.29, 1.82) is 0 Å². The minimum Gasteiger partial charge on any atom is -0.342 e. The van der Waals surface area contributed by atoms with Crippen LogP contribution < -0.4 is 5.73 Å². The molecule has 6 heteroatoms. The predicted octanol–water partition coefficient (Wildman–Crippen LogP) is 1.30. The minimum atomic E-state index is 0.175. The number of H-pyrrole nitrogens is 1. The third-order valence-corrected chi connectivity index (χ3v) is 4.42. The molecule has 0 saturated heterocycles. The third kappa shape index (κ3) is 1.35. The summed E-state index contributed by atoms with van der Waals surface area (Å²) >= 11 is 0. The number of hydrogen-bond donors (Lipinski definition) is 2. The molecule has 2 fully saturated rings. The summed E-state index contributed by atoms with van der Waals surface area (Å²) in [6.07, 6.45) is 7.12. The molecule has 3 N–H and O–H groups in total. The summed E-state index contributed by atoms with van der Waals surface area (Å²) in [5.41, 5.74) is 6.27. The molecule has 2 aromatic heterocycles. The van der Waals surface area contributed by atoms with Crippen LogP contribution in [0, 0.1) is 11.8 Å². The van der Waals surface area contributed by atoms with Gasteiger partial charge in [0.2, 0.25) is 11.7 Å². The highest BCUT2D eigenvalue weighted by molar-refractivity contribution is 5.41. The van der Waals surface area contributed by atoms with Crippen molar-refractivity contribution in [3.63, 3.8) is 0 Å². The monoisotopic (exact) mass is 245 g/mol. The molecule has 2 saturated carbocycles. The van der Waals surface area contributed by atoms with Crippen LogP contribution in [0.1, 0.15) is 31.1 Å². The fourth-order valence-corrected chi connectivity index (χ4v) is 3.56. The maximum absolute atomic E-state index is 6.27. The van der Waals surface area contributed by atoms with Crippen LogP contribution in [-0.4, -0.2) is 26.2 Å². The van der Waals surface area contributed by atoms with Gasteiger partial charge in [-0.3, -0.25) is 0 Å². The Morgan fingerprint density at radius 3 is 2.94 bits per heavy atom. The van der Waals surface area contributed by atoms with E-state index in [2.05, 4.69) is 20.1 Å². The molecular formula is C12H15N5O. The fourth-order valence-electron chi connectivity index (χ4n) is 3.56. The maximum atomic E-state index is 6.27. The second-order valence-electron chi connectivity index (χ2n) is 5.33. The van der Waals surface area contributed by atoms with Gasteiger partial charge in [-0.05, 0) is 31.1 Å². The topological polar surface area (TPSA) is 93.6 Å². The molecule has 4 atom stereocenters. The molecule has 6 nitrogen and oxygen atoms in total. The molecule has 4 rings (SSSR count). The van der Waals surface area contributed by atoms with Gasteiger partial charge in [-0.2, -0.15) is 4.98 Å². The van der Waals surface area contributed by atoms with Gasteiger partial charge in [-0.1, -0.05) is 5.16 Å². The van der Waals surface area contributed by atoms with Crippen LogP contribution in [0.15, 0.2) is 16.9 Å². The van der Waals surface area contributed by atoms with Crippen molar-refractivity contribution in [2.24, 2.45) is 17.6 Å². The standard InChI is InChI=1S/C12H15N5O/c13-9-7-2-1-6(5-7)8(9)12-16-11(17-18-12)10-14-3-4-15-10/h3-4,6-9H,1-2,5,13H2,(H,14,15). The van der Waals surface area contributed by atoms with Gasteiger partial charge in [0.25, 0.3) is 0 Å². The summed E-state index contributed by atoms with van der Waals surface area (Å²) in [5, 5.41) is 3.99. The van der Waals surface area contributed by atoms with Crippen LogP contribution in [0.3, 0.4) is 0 Å². The van der Waals surface area contributed by atoms with E-state index in [1.807, 2.05) is 0 Å². The molecule has 18 heavy (non-hydrogen) atoms. The first-order valence-electron chi connectivity index (χ1n) is 6.42. The third-order valence-electron chi connectivity index (χ3n) is 4.42. The van der Waals surface area contributed by atoms with E-state index in [1.54, 1.807) is 12.4 Å². The lowest BCUT2D eigenvalue weighted by Gasteiger charge is -2.24. The molecular weight excluding hydrogens is 230 g/mol. The summed E-state index contributed by atoms with van der Waals surface area (Å²) in [6, 6.07) is 0.175. The van der Waals surface area contributed by atoms with Crippen molar-refractivity contribution < 1.29 is 4.52 Å². The quantitative estimate of drug-likeness (QED) is 0.831. The van der Waals surface area contributed by atoms with E-state index in [9.17, 15) is 0 Å². The lowest BCUT2D eigenvalue weighted by atomic mass is 9.85. The average molecular weight is 245 g/mol. The van der Waals surface area contributed by atoms with E-state index in [0.29, 0.717) is 29.4 Å². The van der Waals surface area contributed by atoms with Crippen LogP contribution in [0.5, 0.6) is 0 Å². The van der Waals surface area contributed by atoms with Crippen molar-refractivity contribution in [3.05, 3.63) is 18.3 Å². The zero-order valence-corrected chi connectivity index (χ0v) is 9.91. The molecule has 2 aliphatic rings.